The molecule has 2 heterocycles. The summed E-state index contributed by atoms with van der Waals surface area (Å²) >= 11 is 0. The van der Waals surface area contributed by atoms with E-state index in [1.54, 1.807) is 6.20 Å². The van der Waals surface area contributed by atoms with Gasteiger partial charge in [0.25, 0.3) is 0 Å². The van der Waals surface area contributed by atoms with Crippen LogP contribution >= 0.6 is 0 Å². The molecule has 0 unspecified atom stereocenters. The van der Waals surface area contributed by atoms with Crippen molar-refractivity contribution in [1.82, 2.24) is 9.88 Å². The summed E-state index contributed by atoms with van der Waals surface area (Å²) in [6.07, 6.45) is 2.78. The molecule has 26 heavy (non-hydrogen) atoms. The summed E-state index contributed by atoms with van der Waals surface area (Å²) in [6, 6.07) is 12.4. The highest BCUT2D eigenvalue weighted by atomic mass is 16.4. The molecule has 0 atom stereocenters. The van der Waals surface area contributed by atoms with E-state index in [2.05, 4.69) is 39.0 Å². The summed E-state index contributed by atoms with van der Waals surface area (Å²) < 4.78 is 0. The number of benzene rings is 1. The number of piperazine rings is 1. The zero-order valence-corrected chi connectivity index (χ0v) is 15.6. The molecule has 1 aromatic carbocycles. The van der Waals surface area contributed by atoms with E-state index in [-0.39, 0.29) is 5.92 Å². The first kappa shape index (κ1) is 18.4. The molecule has 0 saturated carbocycles. The molecule has 1 aliphatic heterocycles. The lowest BCUT2D eigenvalue weighted by Crippen LogP contribution is -2.47. The standard InChI is InChI=1S/C21H27N3O2/c1-16(2)18-8-10-22-20(19(18)21(25)26)24-14-12-23(13-15-24)11-9-17-6-4-3-5-7-17/h3-8,10,16H,9,11-15H2,1-2H3,(H,25,26). The average molecular weight is 353 g/mol. The van der Waals surface area contributed by atoms with Gasteiger partial charge in [0.15, 0.2) is 0 Å². The Hall–Kier alpha value is -2.40. The Kier molecular flexibility index (Phi) is 5.89. The molecule has 0 aliphatic carbocycles. The van der Waals surface area contributed by atoms with Gasteiger partial charge in [-0.3, -0.25) is 4.90 Å². The number of anilines is 1. The molecule has 138 valence electrons. The zero-order chi connectivity index (χ0) is 18.5. The van der Waals surface area contributed by atoms with Gasteiger partial charge < -0.3 is 10.0 Å². The normalized spacial score (nSPS) is 15.4. The Morgan fingerprint density at radius 3 is 2.42 bits per heavy atom. The second-order valence-corrected chi connectivity index (χ2v) is 7.12. The number of nitrogens with zero attached hydrogens (tertiary/aromatic N) is 3. The van der Waals surface area contributed by atoms with Crippen LogP contribution in [0.1, 0.15) is 41.3 Å². The molecule has 1 fully saturated rings. The van der Waals surface area contributed by atoms with Gasteiger partial charge in [0, 0.05) is 38.9 Å². The van der Waals surface area contributed by atoms with Crippen molar-refractivity contribution in [2.75, 3.05) is 37.6 Å². The molecule has 0 amide bonds. The fraction of sp³-hybridized carbons (Fsp3) is 0.429. The summed E-state index contributed by atoms with van der Waals surface area (Å²) in [5.74, 6) is -0.107. The van der Waals surface area contributed by atoms with Crippen molar-refractivity contribution in [2.45, 2.75) is 26.2 Å². The highest BCUT2D eigenvalue weighted by Crippen LogP contribution is 2.27. The van der Waals surface area contributed by atoms with Crippen molar-refractivity contribution in [3.05, 3.63) is 59.3 Å². The second kappa shape index (κ2) is 8.32. The maximum Gasteiger partial charge on any atom is 0.339 e. The lowest BCUT2D eigenvalue weighted by Gasteiger charge is -2.36. The lowest BCUT2D eigenvalue weighted by molar-refractivity contribution is 0.0695. The Morgan fingerprint density at radius 2 is 1.81 bits per heavy atom. The summed E-state index contributed by atoms with van der Waals surface area (Å²) in [7, 11) is 0. The van der Waals surface area contributed by atoms with Gasteiger partial charge in [0.2, 0.25) is 0 Å². The molecule has 5 nitrogen and oxygen atoms in total. The molecule has 0 bridgehead atoms. The van der Waals surface area contributed by atoms with Crippen LogP contribution in [0.15, 0.2) is 42.6 Å². The summed E-state index contributed by atoms with van der Waals surface area (Å²) in [6.45, 7) is 8.55. The Bertz CT molecular complexity index is 738. The van der Waals surface area contributed by atoms with Gasteiger partial charge in [-0.15, -0.1) is 0 Å². The van der Waals surface area contributed by atoms with E-state index in [9.17, 15) is 9.90 Å². The quantitative estimate of drug-likeness (QED) is 0.864. The van der Waals surface area contributed by atoms with E-state index in [0.717, 1.165) is 44.7 Å². The molecule has 1 N–H and O–H groups in total. The SMILES string of the molecule is CC(C)c1ccnc(N2CCN(CCc3ccccc3)CC2)c1C(=O)O. The van der Waals surface area contributed by atoms with E-state index >= 15 is 0 Å². The van der Waals surface area contributed by atoms with Crippen molar-refractivity contribution < 1.29 is 9.90 Å². The summed E-state index contributed by atoms with van der Waals surface area (Å²) in [5.41, 5.74) is 2.57. The number of carboxylic acids is 1. The van der Waals surface area contributed by atoms with Gasteiger partial charge in [-0.2, -0.15) is 0 Å². The largest absolute Gasteiger partial charge is 0.478 e. The van der Waals surface area contributed by atoms with Crippen molar-refractivity contribution in [2.24, 2.45) is 0 Å². The van der Waals surface area contributed by atoms with Crippen LogP contribution in [-0.4, -0.2) is 53.7 Å². The van der Waals surface area contributed by atoms with E-state index < -0.39 is 5.97 Å². The average Bonchev–Trinajstić information content (AvgIpc) is 2.67. The first-order valence-electron chi connectivity index (χ1n) is 9.29. The molecule has 0 spiro atoms. The number of hydrogen-bond donors (Lipinski definition) is 1. The van der Waals surface area contributed by atoms with Crippen LogP contribution in [0.2, 0.25) is 0 Å². The molecule has 5 heteroatoms. The maximum absolute atomic E-state index is 11.8. The van der Waals surface area contributed by atoms with Gasteiger partial charge in [0.05, 0.1) is 0 Å². The number of aromatic nitrogens is 1. The van der Waals surface area contributed by atoms with E-state index in [1.165, 1.54) is 5.56 Å². The first-order chi connectivity index (χ1) is 12.6. The Labute approximate surface area is 155 Å². The third-order valence-corrected chi connectivity index (χ3v) is 5.03. The maximum atomic E-state index is 11.8. The molecule has 3 rings (SSSR count). The molecular formula is C21H27N3O2. The van der Waals surface area contributed by atoms with Crippen LogP contribution < -0.4 is 4.90 Å². The van der Waals surface area contributed by atoms with Crippen molar-refractivity contribution in [3.63, 3.8) is 0 Å². The van der Waals surface area contributed by atoms with Gasteiger partial charge in [-0.25, -0.2) is 9.78 Å². The van der Waals surface area contributed by atoms with E-state index in [4.69, 9.17) is 0 Å². The molecule has 1 aliphatic rings. The first-order valence-corrected chi connectivity index (χ1v) is 9.29. The van der Waals surface area contributed by atoms with Crippen LogP contribution in [0, 0.1) is 0 Å². The number of rotatable bonds is 6. The molecule has 0 radical (unpaired) electrons. The molecule has 1 saturated heterocycles. The monoisotopic (exact) mass is 353 g/mol. The number of aromatic carboxylic acids is 1. The zero-order valence-electron chi connectivity index (χ0n) is 15.6. The minimum atomic E-state index is -0.886. The number of carboxylic acid groups (broad SMARTS) is 1. The minimum absolute atomic E-state index is 0.162. The lowest BCUT2D eigenvalue weighted by atomic mass is 9.98. The van der Waals surface area contributed by atoms with Crippen LogP contribution in [0.25, 0.3) is 0 Å². The van der Waals surface area contributed by atoms with Crippen molar-refractivity contribution in [3.8, 4) is 0 Å². The molecule has 1 aromatic heterocycles. The smallest absolute Gasteiger partial charge is 0.339 e. The summed E-state index contributed by atoms with van der Waals surface area (Å²) in [4.78, 5) is 20.8. The van der Waals surface area contributed by atoms with Crippen LogP contribution in [0.4, 0.5) is 5.82 Å². The Morgan fingerprint density at radius 1 is 1.12 bits per heavy atom. The van der Waals surface area contributed by atoms with Crippen molar-refractivity contribution >= 4 is 11.8 Å². The predicted molar refractivity (Wildman–Crippen MR) is 104 cm³/mol. The number of pyridine rings is 1. The summed E-state index contributed by atoms with van der Waals surface area (Å²) in [5, 5.41) is 9.71. The van der Waals surface area contributed by atoms with Gasteiger partial charge in [-0.1, -0.05) is 44.2 Å². The molecular weight excluding hydrogens is 326 g/mol. The van der Waals surface area contributed by atoms with Crippen LogP contribution in [0.5, 0.6) is 0 Å². The second-order valence-electron chi connectivity index (χ2n) is 7.12. The predicted octanol–water partition coefficient (Wildman–Crippen LogP) is 3.27. The fourth-order valence-electron chi connectivity index (χ4n) is 3.52. The topological polar surface area (TPSA) is 56.7 Å². The van der Waals surface area contributed by atoms with Crippen LogP contribution in [0.3, 0.4) is 0 Å². The minimum Gasteiger partial charge on any atom is -0.478 e. The van der Waals surface area contributed by atoms with Crippen LogP contribution in [-0.2, 0) is 6.42 Å². The van der Waals surface area contributed by atoms with E-state index in [0.29, 0.717) is 11.4 Å². The van der Waals surface area contributed by atoms with Gasteiger partial charge in [-0.05, 0) is 29.5 Å². The van der Waals surface area contributed by atoms with Gasteiger partial charge >= 0.3 is 5.97 Å². The Balaban J connectivity index is 1.65. The highest BCUT2D eigenvalue weighted by Gasteiger charge is 2.25. The van der Waals surface area contributed by atoms with E-state index in [1.807, 2.05) is 26.0 Å². The fourth-order valence-corrected chi connectivity index (χ4v) is 3.52. The number of carbonyl (C=O) groups is 1. The van der Waals surface area contributed by atoms with Crippen molar-refractivity contribution in [1.29, 1.82) is 0 Å². The van der Waals surface area contributed by atoms with Gasteiger partial charge in [0.1, 0.15) is 11.4 Å². The molecule has 2 aromatic rings. The third kappa shape index (κ3) is 4.22. The number of hydrogen-bond acceptors (Lipinski definition) is 4. The third-order valence-electron chi connectivity index (χ3n) is 5.03. The highest BCUT2D eigenvalue weighted by molar-refractivity contribution is 5.95.